The average molecular weight is 331 g/mol. The largest absolute Gasteiger partial charge is 0.354 e. The molecular formula is C17H22N6O. The van der Waals surface area contributed by atoms with Crippen LogP contribution in [0.15, 0.2) is 12.3 Å². The van der Waals surface area contributed by atoms with Gasteiger partial charge in [0.25, 0.3) is 6.50 Å². The van der Waals surface area contributed by atoms with Crippen molar-refractivity contribution in [2.24, 2.45) is 5.92 Å². The average Bonchev–Trinajstić information content (AvgIpc) is 2.95. The van der Waals surface area contributed by atoms with E-state index in [9.17, 15) is 4.79 Å². The number of fused-ring (bicyclic) bond motifs is 1. The second-order valence-corrected chi connectivity index (χ2v) is 5.94. The highest BCUT2D eigenvalue weighted by Gasteiger charge is 2.33. The number of hydrogen-bond donors (Lipinski definition) is 1. The molecule has 2 aromatic heterocycles. The maximum atomic E-state index is 12.5. The Morgan fingerprint density at radius 1 is 1.71 bits per heavy atom. The second-order valence-electron chi connectivity index (χ2n) is 5.94. The number of likely N-dealkylation sites (tertiary alicyclic amines) is 1. The molecule has 1 fully saturated rings. The molecule has 0 spiro atoms. The molecule has 1 saturated heterocycles. The monoisotopic (exact) mass is 331 g/mol. The molecule has 1 N–H and O–H groups in total. The van der Waals surface area contributed by atoms with Crippen LogP contribution in [0, 0.1) is 19.4 Å². The van der Waals surface area contributed by atoms with Gasteiger partial charge in [-0.25, -0.2) is 16.5 Å². The van der Waals surface area contributed by atoms with Gasteiger partial charge in [-0.1, -0.05) is 6.92 Å². The van der Waals surface area contributed by atoms with Gasteiger partial charge in [0.05, 0.1) is 14.1 Å². The molecule has 0 unspecified atom stereocenters. The Bertz CT molecular complexity index is 1020. The number of carbonyl (C=O) groups excluding carboxylic acids is 1. The number of likely N-dealkylation sites (N-methyl/N-ethyl adjacent to an activating group) is 1. The first-order valence-corrected chi connectivity index (χ1v) is 7.67. The van der Waals surface area contributed by atoms with Gasteiger partial charge in [-0.05, 0) is 25.3 Å². The van der Waals surface area contributed by atoms with Crippen LogP contribution in [0.1, 0.15) is 25.9 Å². The van der Waals surface area contributed by atoms with E-state index in [1.165, 1.54) is 9.80 Å². The van der Waals surface area contributed by atoms with E-state index in [4.69, 9.17) is 13.4 Å². The summed E-state index contributed by atoms with van der Waals surface area (Å²) in [6.45, 7) is 7.95. The summed E-state index contributed by atoms with van der Waals surface area (Å²) in [5, 5.41) is 0.389. The lowest BCUT2D eigenvalue weighted by Crippen LogP contribution is -2.53. The fourth-order valence-electron chi connectivity index (χ4n) is 3.00. The number of hydrogen-bond acceptors (Lipinski definition) is 4. The van der Waals surface area contributed by atoms with E-state index in [0.29, 0.717) is 23.1 Å². The Kier molecular flexibility index (Phi) is 2.97. The lowest BCUT2D eigenvalue weighted by Gasteiger charge is -2.41. The molecule has 0 bridgehead atoms. The molecule has 0 radical (unpaired) electrons. The third-order valence-corrected chi connectivity index (χ3v) is 4.34. The summed E-state index contributed by atoms with van der Waals surface area (Å²) < 4.78 is 40.5. The Balaban J connectivity index is 2.05. The van der Waals surface area contributed by atoms with Crippen molar-refractivity contribution in [2.45, 2.75) is 26.3 Å². The van der Waals surface area contributed by atoms with Crippen molar-refractivity contribution >= 4 is 22.8 Å². The third kappa shape index (κ3) is 2.92. The van der Waals surface area contributed by atoms with Crippen molar-refractivity contribution in [2.75, 3.05) is 31.5 Å². The van der Waals surface area contributed by atoms with Gasteiger partial charge in [-0.2, -0.15) is 0 Å². The Morgan fingerprint density at radius 3 is 3.25 bits per heavy atom. The van der Waals surface area contributed by atoms with Crippen molar-refractivity contribution in [3.05, 3.63) is 29.5 Å². The smallest absolute Gasteiger partial charge is 0.302 e. The lowest BCUT2D eigenvalue weighted by molar-refractivity contribution is -0.130. The molecule has 2 atom stereocenters. The van der Waals surface area contributed by atoms with E-state index in [0.717, 1.165) is 0 Å². The molecule has 0 saturated carbocycles. The highest BCUT2D eigenvalue weighted by atomic mass is 16.2. The summed E-state index contributed by atoms with van der Waals surface area (Å²) in [6, 6.07) is -1.22. The van der Waals surface area contributed by atoms with Crippen LogP contribution in [0.5, 0.6) is 0 Å². The molecule has 2 aromatic rings. The number of aryl methyl sites for hydroxylation is 1. The zero-order valence-corrected chi connectivity index (χ0v) is 13.8. The molecule has 0 aliphatic carbocycles. The van der Waals surface area contributed by atoms with Crippen molar-refractivity contribution in [3.8, 4) is 0 Å². The number of carbonyl (C=O) groups is 1. The molecule has 3 rings (SSSR count). The first kappa shape index (κ1) is 11.0. The molecule has 1 amide bonds. The lowest BCUT2D eigenvalue weighted by atomic mass is 9.92. The maximum absolute atomic E-state index is 12.5. The van der Waals surface area contributed by atoms with Crippen LogP contribution in [0.4, 0.5) is 5.82 Å². The summed E-state index contributed by atoms with van der Waals surface area (Å²) in [7, 11) is 1.62. The molecule has 7 heteroatoms. The number of nitrogens with zero attached hydrogens (tertiary/aromatic N) is 5. The van der Waals surface area contributed by atoms with Crippen LogP contribution in [0.25, 0.3) is 15.9 Å². The van der Waals surface area contributed by atoms with Crippen LogP contribution in [0.2, 0.25) is 0 Å². The summed E-state index contributed by atoms with van der Waals surface area (Å²) in [5.41, 5.74) is 0.894. The molecule has 1 aliphatic heterocycles. The zero-order chi connectivity index (χ0) is 21.7. The Labute approximate surface area is 148 Å². The molecule has 0 aromatic carbocycles. The van der Waals surface area contributed by atoms with Crippen LogP contribution in [0.3, 0.4) is 0 Å². The van der Waals surface area contributed by atoms with E-state index < -0.39 is 18.4 Å². The van der Waals surface area contributed by atoms with E-state index in [2.05, 4.69) is 19.8 Å². The minimum atomic E-state index is -2.68. The van der Waals surface area contributed by atoms with E-state index in [1.807, 2.05) is 6.92 Å². The van der Waals surface area contributed by atoms with Gasteiger partial charge in [0.2, 0.25) is 0 Å². The molecule has 1 aliphatic rings. The fraction of sp³-hybridized carbons (Fsp3) is 0.529. The zero-order valence-electron chi connectivity index (χ0n) is 18.8. The fourth-order valence-corrected chi connectivity index (χ4v) is 3.00. The number of aromatic nitrogens is 3. The van der Waals surface area contributed by atoms with Crippen molar-refractivity contribution < 1.29 is 11.6 Å². The topological polar surface area (TPSA) is 69.5 Å². The van der Waals surface area contributed by atoms with Gasteiger partial charge in [0, 0.05) is 25.8 Å². The summed E-state index contributed by atoms with van der Waals surface area (Å²) in [6.07, 6.45) is 0.181. The van der Waals surface area contributed by atoms with Gasteiger partial charge in [0.15, 0.2) is 0 Å². The first-order valence-electron chi connectivity index (χ1n) is 10.2. The van der Waals surface area contributed by atoms with Gasteiger partial charge in [-0.3, -0.25) is 4.79 Å². The van der Waals surface area contributed by atoms with Crippen molar-refractivity contribution in [3.63, 3.8) is 0 Å². The minimum absolute atomic E-state index is 0.131. The Hall–Kier alpha value is -2.62. The quantitative estimate of drug-likeness (QED) is 0.872. The molecule has 7 nitrogen and oxygen atoms in total. The van der Waals surface area contributed by atoms with Crippen LogP contribution < -0.4 is 4.90 Å². The highest BCUT2D eigenvalue weighted by molar-refractivity contribution is 5.88. The standard InChI is InChI=1S/C17H22N6O/c1-11-5-6-23(15(24)8-18-3)9-14(11)22(4)17-13-7-12(2)21-16(13)19-10-20-17/h7,10-11,14H,5-6,8-9H2,1-2,4H3,(H,19,20,21)/t11-,14+/m1/s1/i7D,8D2,10D,14D. The Morgan fingerprint density at radius 2 is 2.50 bits per heavy atom. The summed E-state index contributed by atoms with van der Waals surface area (Å²) >= 11 is 0. The normalized spacial score (nSPS) is 27.5. The van der Waals surface area contributed by atoms with E-state index in [1.54, 1.807) is 14.0 Å². The van der Waals surface area contributed by atoms with Gasteiger partial charge < -0.3 is 19.6 Å². The number of rotatable bonds is 3. The summed E-state index contributed by atoms with van der Waals surface area (Å²) in [4.78, 5) is 29.1. The molecular weight excluding hydrogens is 304 g/mol. The molecule has 3 heterocycles. The van der Waals surface area contributed by atoms with Crippen LogP contribution >= 0.6 is 0 Å². The SMILES string of the molecule is [2H]c1nc(N(C)[C@@]2([2H])CN(C(=O)C([2H])([2H])[N+]#[C-])CC[C@H]2C)c2c([2H])c(C)[nH]c2n1. The number of aromatic amines is 1. The second kappa shape index (κ2) is 6.48. The highest BCUT2D eigenvalue weighted by Crippen LogP contribution is 2.29. The van der Waals surface area contributed by atoms with Gasteiger partial charge in [-0.15, -0.1) is 0 Å². The number of anilines is 1. The number of piperidine rings is 1. The van der Waals surface area contributed by atoms with Gasteiger partial charge in [0.1, 0.15) is 21.9 Å². The minimum Gasteiger partial charge on any atom is -0.354 e. The van der Waals surface area contributed by atoms with Crippen molar-refractivity contribution in [1.29, 1.82) is 0 Å². The van der Waals surface area contributed by atoms with E-state index in [-0.39, 0.29) is 37.2 Å². The van der Waals surface area contributed by atoms with Crippen LogP contribution in [-0.2, 0) is 4.79 Å². The van der Waals surface area contributed by atoms with E-state index >= 15 is 0 Å². The number of H-pyrrole nitrogens is 1. The molecule has 126 valence electrons. The van der Waals surface area contributed by atoms with Crippen molar-refractivity contribution in [1.82, 2.24) is 19.9 Å². The van der Waals surface area contributed by atoms with Gasteiger partial charge >= 0.3 is 5.91 Å². The molecule has 24 heavy (non-hydrogen) atoms. The predicted octanol–water partition coefficient (Wildman–Crippen LogP) is 1.86. The summed E-state index contributed by atoms with van der Waals surface area (Å²) in [5.74, 6) is -0.945. The first-order chi connectivity index (χ1) is 13.4. The number of nitrogens with one attached hydrogen (secondary N) is 1. The van der Waals surface area contributed by atoms with Crippen LogP contribution in [-0.4, -0.2) is 58.4 Å². The predicted molar refractivity (Wildman–Crippen MR) is 92.6 cm³/mol. The third-order valence-electron chi connectivity index (χ3n) is 4.34. The number of amides is 1. The maximum Gasteiger partial charge on any atom is 0.302 e.